The summed E-state index contributed by atoms with van der Waals surface area (Å²) in [7, 11) is 3.26. The summed E-state index contributed by atoms with van der Waals surface area (Å²) in [6.07, 6.45) is -0.403. The molecule has 1 N–H and O–H groups in total. The van der Waals surface area contributed by atoms with Crippen LogP contribution in [0.1, 0.15) is 11.7 Å². The van der Waals surface area contributed by atoms with E-state index in [9.17, 15) is 9.59 Å². The van der Waals surface area contributed by atoms with Crippen molar-refractivity contribution >= 4 is 29.1 Å². The number of likely N-dealkylation sites (N-methyl/N-ethyl adjacent to an activating group) is 1. The minimum absolute atomic E-state index is 0.0289. The minimum Gasteiger partial charge on any atom is -0.495 e. The molecule has 1 saturated heterocycles. The fourth-order valence-corrected chi connectivity index (χ4v) is 3.21. The minimum atomic E-state index is -0.403. The van der Waals surface area contributed by atoms with E-state index in [1.165, 1.54) is 0 Å². The summed E-state index contributed by atoms with van der Waals surface area (Å²) in [5, 5.41) is 3.59. The van der Waals surface area contributed by atoms with Gasteiger partial charge in [0.1, 0.15) is 18.5 Å². The van der Waals surface area contributed by atoms with Crippen LogP contribution in [0.3, 0.4) is 0 Å². The van der Waals surface area contributed by atoms with Gasteiger partial charge in [0.25, 0.3) is 0 Å². The van der Waals surface area contributed by atoms with Gasteiger partial charge in [-0.1, -0.05) is 41.9 Å². The molecular formula is C19H20ClN3O3. The number of methoxy groups -OCH3 is 1. The van der Waals surface area contributed by atoms with Crippen molar-refractivity contribution < 1.29 is 14.3 Å². The molecule has 0 bridgehead atoms. The lowest BCUT2D eigenvalue weighted by Crippen LogP contribution is -2.37. The topological polar surface area (TPSA) is 61.9 Å². The number of benzene rings is 2. The van der Waals surface area contributed by atoms with Crippen molar-refractivity contribution in [2.24, 2.45) is 0 Å². The molecule has 0 radical (unpaired) electrons. The average Bonchev–Trinajstić information content (AvgIpc) is 2.95. The van der Waals surface area contributed by atoms with Crippen LogP contribution in [0.4, 0.5) is 5.69 Å². The smallest absolute Gasteiger partial charge is 0.244 e. The molecule has 3 rings (SSSR count). The van der Waals surface area contributed by atoms with Crippen LogP contribution in [-0.4, -0.2) is 48.9 Å². The van der Waals surface area contributed by atoms with Crippen LogP contribution in [0.5, 0.6) is 5.75 Å². The average molecular weight is 374 g/mol. The van der Waals surface area contributed by atoms with Crippen LogP contribution in [0.25, 0.3) is 0 Å². The quantitative estimate of drug-likeness (QED) is 0.875. The first-order valence-corrected chi connectivity index (χ1v) is 8.56. The molecule has 0 spiro atoms. The number of anilines is 1. The molecule has 136 valence electrons. The first kappa shape index (κ1) is 18.1. The molecule has 1 aliphatic heterocycles. The Hall–Kier alpha value is -2.73. The highest BCUT2D eigenvalue weighted by Gasteiger charge is 2.38. The second kappa shape index (κ2) is 7.66. The number of carbonyl (C=O) groups excluding carboxylic acids is 2. The molecule has 1 heterocycles. The summed E-state index contributed by atoms with van der Waals surface area (Å²) >= 11 is 6.02. The van der Waals surface area contributed by atoms with E-state index in [1.807, 2.05) is 30.3 Å². The Morgan fingerprint density at radius 2 is 2.00 bits per heavy atom. The largest absolute Gasteiger partial charge is 0.495 e. The molecule has 0 unspecified atom stereocenters. The van der Waals surface area contributed by atoms with Gasteiger partial charge in [-0.15, -0.1) is 0 Å². The highest BCUT2D eigenvalue weighted by Crippen LogP contribution is 2.30. The van der Waals surface area contributed by atoms with Gasteiger partial charge in [0.05, 0.1) is 19.3 Å². The van der Waals surface area contributed by atoms with Crippen LogP contribution in [-0.2, 0) is 9.59 Å². The zero-order chi connectivity index (χ0) is 18.7. The molecule has 0 aliphatic carbocycles. The molecule has 2 aromatic carbocycles. The zero-order valence-corrected chi connectivity index (χ0v) is 15.4. The summed E-state index contributed by atoms with van der Waals surface area (Å²) in [6.45, 7) is 0.0877. The maximum Gasteiger partial charge on any atom is 0.244 e. The monoisotopic (exact) mass is 373 g/mol. The molecule has 1 atom stereocenters. The lowest BCUT2D eigenvalue weighted by Gasteiger charge is -2.28. The summed E-state index contributed by atoms with van der Waals surface area (Å²) in [4.78, 5) is 28.1. The van der Waals surface area contributed by atoms with Crippen LogP contribution < -0.4 is 10.1 Å². The van der Waals surface area contributed by atoms with Crippen LogP contribution >= 0.6 is 11.6 Å². The molecule has 0 saturated carbocycles. The summed E-state index contributed by atoms with van der Waals surface area (Å²) < 4.78 is 5.27. The fraction of sp³-hybridized carbons (Fsp3) is 0.263. The van der Waals surface area contributed by atoms with Crippen LogP contribution in [0.15, 0.2) is 48.5 Å². The number of amides is 2. The normalized spacial score (nSPS) is 16.7. The number of hydrogen-bond donors (Lipinski definition) is 1. The van der Waals surface area contributed by atoms with Gasteiger partial charge >= 0.3 is 0 Å². The molecule has 0 aromatic heterocycles. The molecule has 26 heavy (non-hydrogen) atoms. The summed E-state index contributed by atoms with van der Waals surface area (Å²) in [5.41, 5.74) is 1.53. The third kappa shape index (κ3) is 3.60. The number of nitrogens with zero attached hydrogens (tertiary/aromatic N) is 2. The van der Waals surface area contributed by atoms with Crippen molar-refractivity contribution in [1.82, 2.24) is 9.80 Å². The number of nitrogens with one attached hydrogen (secondary N) is 1. The Bertz CT molecular complexity index is 813. The first-order valence-electron chi connectivity index (χ1n) is 8.18. The molecule has 2 amide bonds. The second-order valence-electron chi connectivity index (χ2n) is 6.01. The van der Waals surface area contributed by atoms with Crippen LogP contribution in [0.2, 0.25) is 5.02 Å². The second-order valence-corrected chi connectivity index (χ2v) is 6.45. The number of ether oxygens (including phenoxy) is 1. The molecule has 6 nitrogen and oxygen atoms in total. The number of rotatable bonds is 5. The zero-order valence-electron chi connectivity index (χ0n) is 14.6. The molecule has 2 aromatic rings. The highest BCUT2D eigenvalue weighted by molar-refractivity contribution is 6.30. The van der Waals surface area contributed by atoms with E-state index in [0.29, 0.717) is 16.5 Å². The van der Waals surface area contributed by atoms with Gasteiger partial charge in [-0.2, -0.15) is 0 Å². The van der Waals surface area contributed by atoms with Crippen molar-refractivity contribution in [2.75, 3.05) is 32.6 Å². The van der Waals surface area contributed by atoms with Crippen molar-refractivity contribution in [2.45, 2.75) is 6.17 Å². The van der Waals surface area contributed by atoms with E-state index in [4.69, 9.17) is 16.3 Å². The van der Waals surface area contributed by atoms with E-state index in [0.717, 1.165) is 5.56 Å². The summed E-state index contributed by atoms with van der Waals surface area (Å²) in [5.74, 6) is 0.322. The van der Waals surface area contributed by atoms with Crippen molar-refractivity contribution in [3.63, 3.8) is 0 Å². The molecule has 7 heteroatoms. The lowest BCUT2D eigenvalue weighted by atomic mass is 10.1. The molecule has 1 fully saturated rings. The van der Waals surface area contributed by atoms with Crippen LogP contribution in [0, 0.1) is 0 Å². The van der Waals surface area contributed by atoms with Crippen molar-refractivity contribution in [3.8, 4) is 5.75 Å². The van der Waals surface area contributed by atoms with E-state index in [-0.39, 0.29) is 24.9 Å². The third-order valence-electron chi connectivity index (χ3n) is 4.37. The highest BCUT2D eigenvalue weighted by atomic mass is 35.5. The van der Waals surface area contributed by atoms with Gasteiger partial charge in [-0.3, -0.25) is 9.59 Å². The Labute approximate surface area is 157 Å². The van der Waals surface area contributed by atoms with Gasteiger partial charge in [0.2, 0.25) is 11.8 Å². The van der Waals surface area contributed by atoms with Gasteiger partial charge in [-0.05, 0) is 23.8 Å². The van der Waals surface area contributed by atoms with E-state index in [2.05, 4.69) is 5.32 Å². The van der Waals surface area contributed by atoms with Crippen molar-refractivity contribution in [3.05, 3.63) is 59.1 Å². The number of hydrogen-bond acceptors (Lipinski definition) is 4. The van der Waals surface area contributed by atoms with E-state index in [1.54, 1.807) is 42.2 Å². The SMILES string of the molecule is COc1ccc(Cl)cc1NCC(=O)N1CC(=O)N(C)[C@H]1c1ccccc1. The molecular weight excluding hydrogens is 354 g/mol. The predicted octanol–water partition coefficient (Wildman–Crippen LogP) is 2.76. The Kier molecular flexibility index (Phi) is 5.32. The Morgan fingerprint density at radius 3 is 2.69 bits per heavy atom. The Balaban J connectivity index is 1.76. The van der Waals surface area contributed by atoms with Gasteiger partial charge < -0.3 is 19.9 Å². The van der Waals surface area contributed by atoms with E-state index >= 15 is 0 Å². The fourth-order valence-electron chi connectivity index (χ4n) is 3.03. The standard InChI is InChI=1S/C19H20ClN3O3/c1-22-18(25)12-23(19(22)13-6-4-3-5-7-13)17(24)11-21-15-10-14(20)8-9-16(15)26-2/h3-10,19,21H,11-12H2,1-2H3/t19-/m1/s1. The van der Waals surface area contributed by atoms with Gasteiger partial charge in [-0.25, -0.2) is 0 Å². The Morgan fingerprint density at radius 1 is 1.27 bits per heavy atom. The third-order valence-corrected chi connectivity index (χ3v) is 4.61. The predicted molar refractivity (Wildman–Crippen MR) is 100 cm³/mol. The van der Waals surface area contributed by atoms with E-state index < -0.39 is 6.17 Å². The van der Waals surface area contributed by atoms with Gasteiger partial charge in [0, 0.05) is 12.1 Å². The summed E-state index contributed by atoms with van der Waals surface area (Å²) in [6, 6.07) is 14.7. The molecule has 1 aliphatic rings. The maximum atomic E-state index is 12.8. The number of carbonyl (C=O) groups is 2. The number of halogens is 1. The maximum absolute atomic E-state index is 12.8. The van der Waals surface area contributed by atoms with Gasteiger partial charge in [0.15, 0.2) is 0 Å². The lowest BCUT2D eigenvalue weighted by molar-refractivity contribution is -0.131. The first-order chi connectivity index (χ1) is 12.5. The van der Waals surface area contributed by atoms with Crippen molar-refractivity contribution in [1.29, 1.82) is 0 Å².